The summed E-state index contributed by atoms with van der Waals surface area (Å²) in [5.41, 5.74) is 40.7. The van der Waals surface area contributed by atoms with Crippen LogP contribution in [0.4, 0.5) is 34.1 Å². The zero-order valence-corrected chi connectivity index (χ0v) is 79.4. The first kappa shape index (κ1) is 101. The molecular formula is C109H97N11O14S5. The number of carbonyl (C=O) groups is 6. The minimum Gasteiger partial charge on any atom is -0.478 e. The molecule has 7 heterocycles. The number of carboxylic acid groups (broad SMARTS) is 1. The number of amides is 2. The number of nitro benzene ring substituents is 1. The van der Waals surface area contributed by atoms with Crippen LogP contribution in [0.2, 0.25) is 0 Å². The number of nitrogens with two attached hydrogens (primary N) is 4. The highest BCUT2D eigenvalue weighted by molar-refractivity contribution is 7.14. The van der Waals surface area contributed by atoms with Gasteiger partial charge in [-0.2, -0.15) is 0 Å². The number of carbonyl (C=O) groups excluding carboxylic acids is 5. The van der Waals surface area contributed by atoms with E-state index in [1.165, 1.54) is 56.3 Å². The number of ether oxygens (including phenoxy) is 3. The number of H-pyrrole nitrogens is 2. The number of nitrogens with one attached hydrogen (secondary N) is 4. The number of anilines is 5. The lowest BCUT2D eigenvalue weighted by atomic mass is 9.98. The Labute approximate surface area is 821 Å². The van der Waals surface area contributed by atoms with Crippen LogP contribution in [-0.4, -0.2) is 83.1 Å². The van der Waals surface area contributed by atoms with Gasteiger partial charge in [-0.15, -0.1) is 56.7 Å². The fourth-order valence-electron chi connectivity index (χ4n) is 13.9. The molecule has 0 aliphatic carbocycles. The number of imidazole rings is 2. The van der Waals surface area contributed by atoms with Gasteiger partial charge in [0.1, 0.15) is 49.0 Å². The zero-order valence-electron chi connectivity index (χ0n) is 75.3. The fraction of sp³-hybridized carbons (Fsp3) is 0.0826. The molecule has 3 atom stereocenters. The van der Waals surface area contributed by atoms with Gasteiger partial charge in [-0.05, 0) is 191 Å². The van der Waals surface area contributed by atoms with Gasteiger partial charge >= 0.3 is 23.9 Å². The second-order valence-electron chi connectivity index (χ2n) is 29.9. The van der Waals surface area contributed by atoms with Gasteiger partial charge in [0.15, 0.2) is 5.92 Å². The molecule has 0 radical (unpaired) electrons. The van der Waals surface area contributed by atoms with Crippen LogP contribution in [0, 0.1) is 10.1 Å². The van der Waals surface area contributed by atoms with E-state index in [2.05, 4.69) is 56.0 Å². The number of nitrogens with zero attached hydrogens (tertiary/aromatic N) is 3. The third-order valence-corrected chi connectivity index (χ3v) is 25.3. The van der Waals surface area contributed by atoms with Gasteiger partial charge in [-0.25, -0.2) is 25.0 Å². The smallest absolute Gasteiger partial charge is 0.338 e. The number of aliphatic hydroxyl groups is 1. The van der Waals surface area contributed by atoms with E-state index in [4.69, 9.17) is 57.5 Å². The van der Waals surface area contributed by atoms with Crippen LogP contribution < -0.4 is 33.7 Å². The van der Waals surface area contributed by atoms with Crippen LogP contribution in [0.3, 0.4) is 0 Å². The molecule has 0 bridgehead atoms. The van der Waals surface area contributed by atoms with Gasteiger partial charge in [0.05, 0.1) is 60.9 Å². The molecular weight excluding hydrogens is 1850 g/mol. The second kappa shape index (κ2) is 51.8. The molecule has 15 N–H and O–H groups in total. The number of nitro groups is 1. The molecule has 19 aromatic rings. The van der Waals surface area contributed by atoms with Crippen molar-refractivity contribution >= 4 is 149 Å². The number of rotatable bonds is 24. The zero-order chi connectivity index (χ0) is 98.4. The highest BCUT2D eigenvalue weighted by atomic mass is 32.1. The molecule has 0 saturated heterocycles. The molecule has 7 aromatic heterocycles. The fourth-order valence-corrected chi connectivity index (χ4v) is 17.5. The Bertz CT molecular complexity index is 7130. The second-order valence-corrected chi connectivity index (χ2v) is 34.6. The highest BCUT2D eigenvalue weighted by Gasteiger charge is 2.32. The van der Waals surface area contributed by atoms with Crippen LogP contribution >= 0.6 is 56.7 Å². The first-order valence-electron chi connectivity index (χ1n) is 43.3. The number of esters is 3. The Morgan fingerprint density at radius 3 is 1.16 bits per heavy atom. The van der Waals surface area contributed by atoms with Gasteiger partial charge in [0.2, 0.25) is 5.91 Å². The Hall–Kier alpha value is -16.6. The Balaban J connectivity index is 0.000000152. The number of aromatic amines is 2. The summed E-state index contributed by atoms with van der Waals surface area (Å²) >= 11 is 8.21. The highest BCUT2D eigenvalue weighted by Crippen LogP contribution is 2.37. The summed E-state index contributed by atoms with van der Waals surface area (Å²) in [6.07, 6.45) is 0. The Morgan fingerprint density at radius 2 is 0.748 bits per heavy atom. The maximum atomic E-state index is 13.2. The number of hydrogen-bond acceptors (Lipinski definition) is 24. The van der Waals surface area contributed by atoms with E-state index in [-0.39, 0.29) is 48.3 Å². The summed E-state index contributed by atoms with van der Waals surface area (Å²) in [5.74, 6) is -4.93. The molecule has 139 heavy (non-hydrogen) atoms. The molecule has 19 rings (SSSR count). The predicted molar refractivity (Wildman–Crippen MR) is 558 cm³/mol. The van der Waals surface area contributed by atoms with Crippen LogP contribution in [-0.2, 0) is 53.2 Å². The maximum absolute atomic E-state index is 13.2. The number of thiophene rings is 5. The number of hydrogen-bond donors (Lipinski definition) is 11. The number of carboxylic acids is 1. The quantitative estimate of drug-likeness (QED) is 0.00509. The normalized spacial score (nSPS) is 11.0. The van der Waals surface area contributed by atoms with Crippen molar-refractivity contribution < 1.29 is 63.3 Å². The average Bonchev–Trinajstić information content (AvgIpc) is 1.64. The summed E-state index contributed by atoms with van der Waals surface area (Å²) in [5, 5.41) is 48.5. The van der Waals surface area contributed by atoms with E-state index in [0.29, 0.717) is 40.0 Å². The van der Waals surface area contributed by atoms with Gasteiger partial charge in [-0.3, -0.25) is 34.5 Å². The standard InChI is InChI=1S/C26H22N2O3S.C26H20N2O2S.C19H15N3O2S.C15H12O4.C10H8N2O2S.C10H10N2S.C2H6.CH4O/c27-21-16-20(23-12-7-15-32-23)13-14-22(21)28-25(29)24(19-10-5-2-6-11-19)26(30)31-17-18-8-3-1-4-9-18;29-26(30-17-18-8-3-1-4-9-18)24(19-10-5-2-6-11-19)25-27-21-14-13-20(16-22(21)28-25)23-12-7-15-31-23;23-19(22-24)17(12-5-2-1-3-6-12)18-20-14-9-8-13(11-15(14)21-18)16-7-4-10-25-16;16-14(17)12-7-4-8-13(9-12)15(18)19-10-11-5-2-1-3-6-11;11-8-4-3-7(6-9(8)12(13)14)10-2-1-5-15-10;11-8-4-3-7(6-9(8)12)10-2-1-5-13-10;2*1-2/h1-16,24H,17,27H2,(H,28,29);1-16,24H,17H2,(H,27,28);1-11,17,24H,(H,20,21)(H,22,23);1-9H,10H2,(H,16,17);1-6H,11H2;1-6H,11-12H2;1-2H3;2H,1H3. The molecule has 25 nitrogen and oxygen atoms in total. The summed E-state index contributed by atoms with van der Waals surface area (Å²) in [6.45, 7) is 4.48. The van der Waals surface area contributed by atoms with Crippen LogP contribution in [0.5, 0.6) is 0 Å². The summed E-state index contributed by atoms with van der Waals surface area (Å²) in [4.78, 5) is 106. The number of nitrogen functional groups attached to an aromatic ring is 4. The Kier molecular flexibility index (Phi) is 37.8. The maximum Gasteiger partial charge on any atom is 0.338 e. The molecule has 2 amide bonds. The van der Waals surface area contributed by atoms with E-state index in [9.17, 15) is 38.9 Å². The molecule has 12 aromatic carbocycles. The molecule has 3 unspecified atom stereocenters. The van der Waals surface area contributed by atoms with E-state index < -0.39 is 52.4 Å². The third kappa shape index (κ3) is 28.5. The number of benzene rings is 12. The van der Waals surface area contributed by atoms with Gasteiger partial charge in [0.25, 0.3) is 11.6 Å². The monoisotopic (exact) mass is 1940 g/mol. The SMILES string of the molecule is CC.CO.Nc1cc(-c2cccs2)ccc1NC(=O)C(C(=O)OCc1ccccc1)c1ccccc1.Nc1ccc(-c2cccs2)cc1N.Nc1ccc(-c2cccs2)cc1[N+](=O)[O-].O=C(NO)C(c1ccccc1)c1nc2ccc(-c3cccs3)cc2[nH]1.O=C(O)c1cccc(C(=O)OCc2ccccc2)c1.O=C(OCc1ccccc1)C(c1ccccc1)c1nc2ccc(-c3cccs3)cc2[nH]1. The first-order valence-corrected chi connectivity index (χ1v) is 47.7. The predicted octanol–water partition coefficient (Wildman–Crippen LogP) is 24.4. The van der Waals surface area contributed by atoms with Crippen molar-refractivity contribution in [3.63, 3.8) is 0 Å². The average molecular weight is 1950 g/mol. The lowest BCUT2D eigenvalue weighted by molar-refractivity contribution is -0.383. The summed E-state index contributed by atoms with van der Waals surface area (Å²) in [6, 6.07) is 110. The lowest BCUT2D eigenvalue weighted by Gasteiger charge is -2.17. The van der Waals surface area contributed by atoms with Crippen molar-refractivity contribution in [2.24, 2.45) is 0 Å². The van der Waals surface area contributed by atoms with E-state index in [1.807, 2.05) is 290 Å². The summed E-state index contributed by atoms with van der Waals surface area (Å²) < 4.78 is 16.3. The minimum absolute atomic E-state index is 0.0408. The van der Waals surface area contributed by atoms with Gasteiger partial charge in [-0.1, -0.05) is 263 Å². The molecule has 702 valence electrons. The number of fused-ring (bicyclic) bond motifs is 2. The van der Waals surface area contributed by atoms with Crippen LogP contribution in [0.1, 0.15) is 97.3 Å². The molecule has 0 aliphatic rings. The minimum atomic E-state index is -1.11. The summed E-state index contributed by atoms with van der Waals surface area (Å²) in [7, 11) is 1.00. The van der Waals surface area contributed by atoms with Crippen molar-refractivity contribution in [1.82, 2.24) is 25.4 Å². The first-order chi connectivity index (χ1) is 67.8. The molecule has 0 spiro atoms. The molecule has 30 heteroatoms. The number of hydroxylamine groups is 1. The number of aliphatic hydroxyl groups excluding tert-OH is 1. The van der Waals surface area contributed by atoms with Crippen molar-refractivity contribution in [3.8, 4) is 52.2 Å². The molecule has 0 fully saturated rings. The largest absolute Gasteiger partial charge is 0.478 e. The topological polar surface area (TPSA) is 419 Å². The Morgan fingerprint density at radius 1 is 0.381 bits per heavy atom. The molecule has 0 saturated carbocycles. The van der Waals surface area contributed by atoms with Crippen LogP contribution in [0.15, 0.2) is 385 Å². The number of aromatic carboxylic acids is 1. The van der Waals surface area contributed by atoms with Crippen molar-refractivity contribution in [1.29, 1.82) is 0 Å². The van der Waals surface area contributed by atoms with E-state index >= 15 is 0 Å². The molecule has 0 aliphatic heterocycles. The van der Waals surface area contributed by atoms with Crippen molar-refractivity contribution in [3.05, 3.63) is 451 Å². The van der Waals surface area contributed by atoms with Gasteiger partial charge < -0.3 is 62.6 Å². The van der Waals surface area contributed by atoms with Gasteiger partial charge in [0, 0.05) is 37.6 Å². The third-order valence-electron chi connectivity index (χ3n) is 20.7. The van der Waals surface area contributed by atoms with Crippen molar-refractivity contribution in [2.75, 3.05) is 35.4 Å². The number of aromatic nitrogens is 4. The van der Waals surface area contributed by atoms with E-state index in [1.54, 1.807) is 93.3 Å². The van der Waals surface area contributed by atoms with E-state index in [0.717, 1.165) is 94.6 Å². The van der Waals surface area contributed by atoms with Crippen molar-refractivity contribution in [2.45, 2.75) is 51.4 Å². The van der Waals surface area contributed by atoms with Crippen LogP contribution in [0.25, 0.3) is 74.3 Å². The lowest BCUT2D eigenvalue weighted by Crippen LogP contribution is -2.29.